The minimum absolute atomic E-state index is 0.120. The van der Waals surface area contributed by atoms with Crippen LogP contribution in [0.3, 0.4) is 0 Å². The van der Waals surface area contributed by atoms with Crippen LogP contribution in [0, 0.1) is 34.4 Å². The summed E-state index contributed by atoms with van der Waals surface area (Å²) in [5.41, 5.74) is 8.29. The quantitative estimate of drug-likeness (QED) is 0.208. The molecule has 0 unspecified atom stereocenters. The SMILES string of the molecule is CC#C[Si](C)(C)C.CC(C)OB1OC(C)(C)C(C)(C)O1.CC1(C)OB(CC#C[Si](C)(C)C)OC1(C)C.CC1(C)OB(CC#C[Si](C)(C)C)OC1(C)C. The van der Waals surface area contributed by atoms with Crippen molar-refractivity contribution in [3.63, 3.8) is 0 Å². The van der Waals surface area contributed by atoms with Gasteiger partial charge in [-0.1, -0.05) is 58.9 Å². The molecule has 0 spiro atoms. The van der Waals surface area contributed by atoms with Crippen molar-refractivity contribution in [2.45, 2.75) is 215 Å². The largest absolute Gasteiger partial charge is 0.640 e. The Morgan fingerprint density at radius 3 is 0.904 bits per heavy atom. The van der Waals surface area contributed by atoms with Crippen LogP contribution in [-0.2, 0) is 32.6 Å². The van der Waals surface area contributed by atoms with Gasteiger partial charge in [0.2, 0.25) is 0 Å². The molecule has 3 saturated heterocycles. The lowest BCUT2D eigenvalue weighted by Gasteiger charge is -2.32. The summed E-state index contributed by atoms with van der Waals surface area (Å²) in [5.74, 6) is 9.33. The van der Waals surface area contributed by atoms with Gasteiger partial charge in [-0.25, -0.2) is 0 Å². The molecule has 3 aliphatic heterocycles. The zero-order valence-electron chi connectivity index (χ0n) is 38.1. The highest BCUT2D eigenvalue weighted by Gasteiger charge is 2.53. The summed E-state index contributed by atoms with van der Waals surface area (Å²) >= 11 is 0. The maximum atomic E-state index is 5.87. The van der Waals surface area contributed by atoms with Crippen molar-refractivity contribution in [1.82, 2.24) is 0 Å². The standard InChI is InChI=1S/2C12H23BO2Si.C9H19BO3.C6H12Si/c2*1-11(2)12(3,4)15-13(14-11)9-8-10-16(5,6)7;1-7(2)11-10-12-8(3,4)9(5,6)13-10;1-5-6-7(2,3)4/h2*9H2,1-7H3;7H,1-6H3;1-4H3. The minimum Gasteiger partial charge on any atom is -0.403 e. The predicted molar refractivity (Wildman–Crippen MR) is 233 cm³/mol. The summed E-state index contributed by atoms with van der Waals surface area (Å²) in [7, 11) is -4.43. The Hall–Kier alpha value is -0.755. The molecule has 0 aromatic carbocycles. The van der Waals surface area contributed by atoms with Gasteiger partial charge in [0.25, 0.3) is 0 Å². The molecule has 3 fully saturated rings. The van der Waals surface area contributed by atoms with Crippen molar-refractivity contribution in [1.29, 1.82) is 0 Å². The molecule has 52 heavy (non-hydrogen) atoms. The first-order chi connectivity index (χ1) is 22.9. The average molecular weight is 775 g/mol. The van der Waals surface area contributed by atoms with Gasteiger partial charge in [0.05, 0.1) is 33.6 Å². The Morgan fingerprint density at radius 1 is 0.462 bits per heavy atom. The summed E-state index contributed by atoms with van der Waals surface area (Å²) < 4.78 is 40.2. The molecule has 13 heteroatoms. The Balaban J connectivity index is 0.000000691. The fraction of sp³-hybridized carbons (Fsp3) is 0.846. The lowest BCUT2D eigenvalue weighted by molar-refractivity contribution is 0.00578. The van der Waals surface area contributed by atoms with E-state index in [1.54, 1.807) is 0 Å². The van der Waals surface area contributed by atoms with Crippen LogP contribution in [0.2, 0.25) is 71.6 Å². The van der Waals surface area contributed by atoms with E-state index in [0.717, 1.165) is 0 Å². The summed E-state index contributed by atoms with van der Waals surface area (Å²) in [6, 6.07) is 0. The number of rotatable bonds is 4. The molecule has 3 heterocycles. The summed E-state index contributed by atoms with van der Waals surface area (Å²) in [6.07, 6.45) is 1.48. The van der Waals surface area contributed by atoms with Gasteiger partial charge in [-0.3, -0.25) is 0 Å². The fourth-order valence-electron chi connectivity index (χ4n) is 4.34. The molecule has 0 N–H and O–H groups in total. The van der Waals surface area contributed by atoms with Crippen LogP contribution in [0.4, 0.5) is 0 Å². The normalized spacial score (nSPS) is 21.8. The van der Waals surface area contributed by atoms with Crippen LogP contribution in [0.1, 0.15) is 104 Å². The Bertz CT molecular complexity index is 1210. The van der Waals surface area contributed by atoms with Crippen LogP contribution in [0.15, 0.2) is 0 Å². The maximum Gasteiger partial charge on any atom is 0.640 e. The maximum absolute atomic E-state index is 5.87. The van der Waals surface area contributed by atoms with E-state index in [2.05, 4.69) is 149 Å². The first kappa shape index (κ1) is 51.2. The fourth-order valence-corrected chi connectivity index (χ4v) is 6.35. The van der Waals surface area contributed by atoms with Crippen molar-refractivity contribution in [3.05, 3.63) is 0 Å². The Kier molecular flexibility index (Phi) is 18.6. The zero-order valence-corrected chi connectivity index (χ0v) is 41.1. The predicted octanol–water partition coefficient (Wildman–Crippen LogP) is 9.81. The van der Waals surface area contributed by atoms with Gasteiger partial charge < -0.3 is 32.6 Å². The molecule has 3 aliphatic rings. The molecule has 0 aliphatic carbocycles. The second-order valence-electron chi connectivity index (χ2n) is 20.2. The molecule has 0 aromatic heterocycles. The van der Waals surface area contributed by atoms with Gasteiger partial charge in [0.15, 0.2) is 0 Å². The van der Waals surface area contributed by atoms with E-state index in [9.17, 15) is 0 Å². The van der Waals surface area contributed by atoms with Gasteiger partial charge in [-0.2, -0.15) is 0 Å². The molecule has 7 nitrogen and oxygen atoms in total. The lowest BCUT2D eigenvalue weighted by Crippen LogP contribution is -2.41. The van der Waals surface area contributed by atoms with Crippen molar-refractivity contribution < 1.29 is 32.6 Å². The third-order valence-corrected chi connectivity index (χ3v) is 12.0. The van der Waals surface area contributed by atoms with E-state index in [1.165, 1.54) is 0 Å². The van der Waals surface area contributed by atoms with Crippen molar-refractivity contribution in [2.24, 2.45) is 0 Å². The Labute approximate surface area is 326 Å². The highest BCUT2D eigenvalue weighted by molar-refractivity contribution is 6.84. The van der Waals surface area contributed by atoms with Crippen LogP contribution in [-0.4, -0.2) is 85.5 Å². The summed E-state index contributed by atoms with van der Waals surface area (Å²) in [4.78, 5) is 0. The molecule has 0 aromatic rings. The highest BCUT2D eigenvalue weighted by atomic mass is 28.3. The summed E-state index contributed by atoms with van der Waals surface area (Å²) in [6.45, 7) is 50.6. The molecule has 3 rings (SSSR count). The molecule has 0 amide bonds. The van der Waals surface area contributed by atoms with Gasteiger partial charge in [-0.05, 0) is 104 Å². The minimum atomic E-state index is -1.27. The van der Waals surface area contributed by atoms with Crippen LogP contribution < -0.4 is 0 Å². The van der Waals surface area contributed by atoms with E-state index >= 15 is 0 Å². The second-order valence-corrected chi connectivity index (χ2v) is 34.5. The van der Waals surface area contributed by atoms with E-state index in [0.29, 0.717) is 12.6 Å². The highest BCUT2D eigenvalue weighted by Crippen LogP contribution is 2.39. The topological polar surface area (TPSA) is 64.6 Å². The molecule has 296 valence electrons. The van der Waals surface area contributed by atoms with Gasteiger partial charge in [0, 0.05) is 18.7 Å². The number of hydrogen-bond donors (Lipinski definition) is 0. The van der Waals surface area contributed by atoms with Gasteiger partial charge >= 0.3 is 21.6 Å². The lowest BCUT2D eigenvalue weighted by atomic mass is 9.86. The first-order valence-electron chi connectivity index (χ1n) is 19.0. The number of hydrogen-bond acceptors (Lipinski definition) is 7. The van der Waals surface area contributed by atoms with Crippen LogP contribution in [0.5, 0.6) is 0 Å². The molecular weight excluding hydrogens is 697 g/mol. The Morgan fingerprint density at radius 2 is 0.712 bits per heavy atom. The van der Waals surface area contributed by atoms with Crippen LogP contribution >= 0.6 is 0 Å². The molecule has 0 atom stereocenters. The van der Waals surface area contributed by atoms with Gasteiger partial charge in [-0.15, -0.1) is 34.4 Å². The average Bonchev–Trinajstić information content (AvgIpc) is 3.29. The van der Waals surface area contributed by atoms with E-state index in [4.69, 9.17) is 32.6 Å². The zero-order chi connectivity index (χ0) is 41.4. The smallest absolute Gasteiger partial charge is 0.403 e. The third-order valence-electron chi connectivity index (χ3n) is 9.18. The monoisotopic (exact) mass is 775 g/mol. The van der Waals surface area contributed by atoms with Crippen molar-refractivity contribution in [3.8, 4) is 34.4 Å². The van der Waals surface area contributed by atoms with E-state index < -0.39 is 31.5 Å². The molecule has 0 bridgehead atoms. The van der Waals surface area contributed by atoms with E-state index in [-0.39, 0.29) is 53.9 Å². The van der Waals surface area contributed by atoms with Crippen molar-refractivity contribution >= 4 is 45.8 Å². The third kappa shape index (κ3) is 18.7. The van der Waals surface area contributed by atoms with E-state index in [1.807, 2.05) is 48.5 Å². The second kappa shape index (κ2) is 18.9. The van der Waals surface area contributed by atoms with Gasteiger partial charge in [0.1, 0.15) is 24.2 Å². The first-order valence-corrected chi connectivity index (χ1v) is 29.5. The molecular formula is C39H77B3O7Si3. The van der Waals surface area contributed by atoms with Crippen molar-refractivity contribution in [2.75, 3.05) is 0 Å². The molecule has 0 radical (unpaired) electrons. The van der Waals surface area contributed by atoms with Crippen LogP contribution in [0.25, 0.3) is 0 Å². The summed E-state index contributed by atoms with van der Waals surface area (Å²) in [5, 5.41) is 0. The molecule has 0 saturated carbocycles.